The van der Waals surface area contributed by atoms with Gasteiger partial charge in [-0.05, 0) is 12.0 Å². The molecular formula is C16H26ClNO2. The molecule has 1 aromatic carbocycles. The fourth-order valence-corrected chi connectivity index (χ4v) is 1.94. The van der Waals surface area contributed by atoms with Gasteiger partial charge in [-0.15, -0.1) is 12.4 Å². The van der Waals surface area contributed by atoms with Crippen LogP contribution in [0, 0.1) is 0 Å². The molecule has 4 heteroatoms. The van der Waals surface area contributed by atoms with Crippen LogP contribution in [-0.4, -0.2) is 12.6 Å². The van der Waals surface area contributed by atoms with Gasteiger partial charge in [0.2, 0.25) is 0 Å². The Morgan fingerprint density at radius 2 is 1.70 bits per heavy atom. The standard InChI is InChI=1S/C16H25NO2.ClH/c1-2-3-4-5-6-10-13-19-16(18)15(17)14-11-8-7-9-12-14;/h7-9,11-12,15H,2-6,10,13,17H2,1H3;1H. The number of nitrogens with two attached hydrogens (primary N) is 1. The summed E-state index contributed by atoms with van der Waals surface area (Å²) in [5, 5.41) is 0. The van der Waals surface area contributed by atoms with Crippen LogP contribution in [0.1, 0.15) is 57.1 Å². The van der Waals surface area contributed by atoms with Crippen LogP contribution in [0.3, 0.4) is 0 Å². The van der Waals surface area contributed by atoms with E-state index in [1.807, 2.05) is 30.3 Å². The number of esters is 1. The third-order valence-electron chi connectivity index (χ3n) is 3.15. The minimum absolute atomic E-state index is 0. The fourth-order valence-electron chi connectivity index (χ4n) is 1.94. The zero-order valence-corrected chi connectivity index (χ0v) is 13.0. The predicted molar refractivity (Wildman–Crippen MR) is 85.0 cm³/mol. The number of halogens is 1. The van der Waals surface area contributed by atoms with Crippen LogP contribution >= 0.6 is 12.4 Å². The van der Waals surface area contributed by atoms with E-state index in [2.05, 4.69) is 6.92 Å². The summed E-state index contributed by atoms with van der Waals surface area (Å²) in [6.07, 6.45) is 7.08. The third-order valence-corrected chi connectivity index (χ3v) is 3.15. The molecule has 1 aromatic rings. The summed E-state index contributed by atoms with van der Waals surface area (Å²) in [5.41, 5.74) is 6.65. The quantitative estimate of drug-likeness (QED) is 0.553. The summed E-state index contributed by atoms with van der Waals surface area (Å²) < 4.78 is 5.20. The van der Waals surface area contributed by atoms with Crippen molar-refractivity contribution in [3.63, 3.8) is 0 Å². The highest BCUT2D eigenvalue weighted by molar-refractivity contribution is 5.85. The molecule has 3 nitrogen and oxygen atoms in total. The van der Waals surface area contributed by atoms with Crippen LogP contribution in [0.2, 0.25) is 0 Å². The molecule has 2 N–H and O–H groups in total. The van der Waals surface area contributed by atoms with E-state index in [1.165, 1.54) is 25.7 Å². The van der Waals surface area contributed by atoms with Crippen molar-refractivity contribution in [2.24, 2.45) is 5.73 Å². The van der Waals surface area contributed by atoms with Crippen molar-refractivity contribution in [2.75, 3.05) is 6.61 Å². The van der Waals surface area contributed by atoms with Gasteiger partial charge in [0, 0.05) is 0 Å². The second-order valence-corrected chi connectivity index (χ2v) is 4.82. The van der Waals surface area contributed by atoms with Crippen molar-refractivity contribution in [3.8, 4) is 0 Å². The molecule has 0 fully saturated rings. The average molecular weight is 300 g/mol. The zero-order valence-electron chi connectivity index (χ0n) is 12.2. The Labute approximate surface area is 128 Å². The summed E-state index contributed by atoms with van der Waals surface area (Å²) in [5.74, 6) is -0.334. The van der Waals surface area contributed by atoms with Crippen LogP contribution in [-0.2, 0) is 9.53 Å². The molecule has 0 aliphatic rings. The van der Waals surface area contributed by atoms with E-state index in [4.69, 9.17) is 10.5 Å². The number of rotatable bonds is 9. The number of benzene rings is 1. The Hall–Kier alpha value is -1.06. The van der Waals surface area contributed by atoms with Gasteiger partial charge >= 0.3 is 5.97 Å². The summed E-state index contributed by atoms with van der Waals surface area (Å²) >= 11 is 0. The van der Waals surface area contributed by atoms with Crippen LogP contribution in [0.15, 0.2) is 30.3 Å². The maximum atomic E-state index is 11.7. The van der Waals surface area contributed by atoms with Gasteiger partial charge in [-0.3, -0.25) is 0 Å². The molecule has 0 saturated heterocycles. The highest BCUT2D eigenvalue weighted by Crippen LogP contribution is 2.11. The number of hydrogen-bond donors (Lipinski definition) is 1. The van der Waals surface area contributed by atoms with E-state index < -0.39 is 6.04 Å². The van der Waals surface area contributed by atoms with Crippen LogP contribution < -0.4 is 5.73 Å². The summed E-state index contributed by atoms with van der Waals surface area (Å²) in [6.45, 7) is 2.68. The van der Waals surface area contributed by atoms with Crippen LogP contribution in [0.4, 0.5) is 0 Å². The first-order valence-corrected chi connectivity index (χ1v) is 7.23. The molecule has 20 heavy (non-hydrogen) atoms. The molecule has 0 aromatic heterocycles. The smallest absolute Gasteiger partial charge is 0.327 e. The number of unbranched alkanes of at least 4 members (excludes halogenated alkanes) is 5. The number of carbonyl (C=O) groups excluding carboxylic acids is 1. The van der Waals surface area contributed by atoms with Crippen LogP contribution in [0.5, 0.6) is 0 Å². The van der Waals surface area contributed by atoms with E-state index in [0.29, 0.717) is 6.61 Å². The minimum Gasteiger partial charge on any atom is -0.464 e. The molecular weight excluding hydrogens is 274 g/mol. The van der Waals surface area contributed by atoms with Crippen molar-refractivity contribution < 1.29 is 9.53 Å². The first kappa shape index (κ1) is 18.9. The SMILES string of the molecule is CCCCCCCCOC(=O)C(N)c1ccccc1.Cl. The number of carbonyl (C=O) groups is 1. The van der Waals surface area contributed by atoms with E-state index in [0.717, 1.165) is 18.4 Å². The monoisotopic (exact) mass is 299 g/mol. The lowest BCUT2D eigenvalue weighted by molar-refractivity contribution is -0.145. The largest absolute Gasteiger partial charge is 0.464 e. The molecule has 1 rings (SSSR count). The molecule has 0 bridgehead atoms. The maximum absolute atomic E-state index is 11.7. The van der Waals surface area contributed by atoms with Crippen molar-refractivity contribution in [1.29, 1.82) is 0 Å². The fraction of sp³-hybridized carbons (Fsp3) is 0.562. The summed E-state index contributed by atoms with van der Waals surface area (Å²) in [4.78, 5) is 11.7. The molecule has 1 atom stereocenters. The van der Waals surface area contributed by atoms with Crippen molar-refractivity contribution in [1.82, 2.24) is 0 Å². The molecule has 0 aliphatic carbocycles. The van der Waals surface area contributed by atoms with E-state index in [9.17, 15) is 4.79 Å². The highest BCUT2D eigenvalue weighted by Gasteiger charge is 2.16. The highest BCUT2D eigenvalue weighted by atomic mass is 35.5. The maximum Gasteiger partial charge on any atom is 0.327 e. The van der Waals surface area contributed by atoms with Gasteiger partial charge in [0.25, 0.3) is 0 Å². The molecule has 0 saturated carbocycles. The Morgan fingerprint density at radius 1 is 1.10 bits per heavy atom. The van der Waals surface area contributed by atoms with E-state index in [1.54, 1.807) is 0 Å². The van der Waals surface area contributed by atoms with Crippen LogP contribution in [0.25, 0.3) is 0 Å². The van der Waals surface area contributed by atoms with Gasteiger partial charge in [0.05, 0.1) is 6.61 Å². The predicted octanol–water partition coefficient (Wildman–Crippen LogP) is 4.01. The van der Waals surface area contributed by atoms with E-state index >= 15 is 0 Å². The lowest BCUT2D eigenvalue weighted by Gasteiger charge is -2.11. The van der Waals surface area contributed by atoms with Gasteiger partial charge in [0.15, 0.2) is 0 Å². The average Bonchev–Trinajstić information content (AvgIpc) is 2.46. The molecule has 0 amide bonds. The summed E-state index contributed by atoms with van der Waals surface area (Å²) in [7, 11) is 0. The van der Waals surface area contributed by atoms with Gasteiger partial charge < -0.3 is 10.5 Å². The Balaban J connectivity index is 0.00000361. The lowest BCUT2D eigenvalue weighted by atomic mass is 10.1. The van der Waals surface area contributed by atoms with Gasteiger partial charge in [0.1, 0.15) is 6.04 Å². The molecule has 114 valence electrons. The van der Waals surface area contributed by atoms with Crippen molar-refractivity contribution in [3.05, 3.63) is 35.9 Å². The molecule has 0 aliphatic heterocycles. The molecule has 1 unspecified atom stereocenters. The minimum atomic E-state index is -0.665. The van der Waals surface area contributed by atoms with Crippen molar-refractivity contribution in [2.45, 2.75) is 51.5 Å². The first-order chi connectivity index (χ1) is 9.25. The Kier molecular flexibility index (Phi) is 11.1. The lowest BCUT2D eigenvalue weighted by Crippen LogP contribution is -2.24. The normalized spacial score (nSPS) is 11.5. The van der Waals surface area contributed by atoms with Gasteiger partial charge in [-0.2, -0.15) is 0 Å². The number of hydrogen-bond acceptors (Lipinski definition) is 3. The van der Waals surface area contributed by atoms with Crippen molar-refractivity contribution >= 4 is 18.4 Å². The van der Waals surface area contributed by atoms with E-state index in [-0.39, 0.29) is 18.4 Å². The zero-order chi connectivity index (χ0) is 13.9. The second kappa shape index (κ2) is 11.7. The molecule has 0 radical (unpaired) electrons. The molecule has 0 spiro atoms. The first-order valence-electron chi connectivity index (χ1n) is 7.23. The second-order valence-electron chi connectivity index (χ2n) is 4.82. The van der Waals surface area contributed by atoms with Gasteiger partial charge in [-0.1, -0.05) is 69.4 Å². The molecule has 0 heterocycles. The topological polar surface area (TPSA) is 52.3 Å². The summed E-state index contributed by atoms with van der Waals surface area (Å²) in [6, 6.07) is 8.67. The van der Waals surface area contributed by atoms with Gasteiger partial charge in [-0.25, -0.2) is 4.79 Å². The Morgan fingerprint density at radius 3 is 2.35 bits per heavy atom. The number of ether oxygens (including phenoxy) is 1. The third kappa shape index (κ3) is 7.51. The Bertz CT molecular complexity index is 357.